The molecule has 11 heteroatoms. The maximum Gasteiger partial charge on any atom is 0.295 e. The molecule has 1 rings (SSSR count). The van der Waals surface area contributed by atoms with Gasteiger partial charge in [-0.05, 0) is 18.9 Å². The number of hydroxylamine groups is 1. The third kappa shape index (κ3) is 9.20. The van der Waals surface area contributed by atoms with E-state index in [-0.39, 0.29) is 29.0 Å². The Hall–Kier alpha value is -2.23. The van der Waals surface area contributed by atoms with E-state index in [0.29, 0.717) is 43.0 Å². The number of hydrogen-bond acceptors (Lipinski definition) is 7. The Balaban J connectivity index is 2.77. The van der Waals surface area contributed by atoms with Crippen LogP contribution in [0.15, 0.2) is 18.7 Å². The number of unbranched alkanes of at least 4 members (excludes halogenated alkanes) is 4. The van der Waals surface area contributed by atoms with E-state index in [0.717, 1.165) is 32.1 Å². The largest absolute Gasteiger partial charge is 0.399 e. The second-order valence-corrected chi connectivity index (χ2v) is 7.77. The fourth-order valence-electron chi connectivity index (χ4n) is 3.21. The molecule has 1 aromatic carbocycles. The summed E-state index contributed by atoms with van der Waals surface area (Å²) in [6.45, 7) is 5.49. The Bertz CT molecular complexity index is 743. The van der Waals surface area contributed by atoms with Crippen LogP contribution < -0.4 is 21.4 Å². The summed E-state index contributed by atoms with van der Waals surface area (Å²) >= 11 is 11.8. The van der Waals surface area contributed by atoms with Crippen LogP contribution in [0.1, 0.15) is 44.1 Å². The molecule has 5 N–H and O–H groups in total. The smallest absolute Gasteiger partial charge is 0.295 e. The molecule has 0 radical (unpaired) electrons. The van der Waals surface area contributed by atoms with Gasteiger partial charge in [-0.15, -0.1) is 23.2 Å². The lowest BCUT2D eigenvalue weighted by molar-refractivity contribution is -0.384. The van der Waals surface area contributed by atoms with E-state index >= 15 is 0 Å². The number of carbonyl (C=O) groups is 1. The molecular weight excluding hydrogens is 445 g/mol. The zero-order valence-electron chi connectivity index (χ0n) is 17.5. The van der Waals surface area contributed by atoms with Crippen molar-refractivity contribution < 1.29 is 14.9 Å². The predicted molar refractivity (Wildman–Crippen MR) is 126 cm³/mol. The molecular formula is C20H31Cl2N5O4. The number of hydrogen-bond donors (Lipinski definition) is 4. The predicted octanol–water partition coefficient (Wildman–Crippen LogP) is 3.87. The van der Waals surface area contributed by atoms with Crippen LogP contribution in [0.5, 0.6) is 0 Å². The normalized spacial score (nSPS) is 10.5. The second-order valence-electron chi connectivity index (χ2n) is 7.02. The number of carbonyl (C=O) groups excluding carboxylic acids is 1. The van der Waals surface area contributed by atoms with Crippen molar-refractivity contribution in [3.63, 3.8) is 0 Å². The molecule has 0 spiro atoms. The van der Waals surface area contributed by atoms with Crippen molar-refractivity contribution in [2.45, 2.75) is 38.5 Å². The van der Waals surface area contributed by atoms with E-state index in [4.69, 9.17) is 34.1 Å². The van der Waals surface area contributed by atoms with E-state index in [1.807, 2.05) is 0 Å². The Morgan fingerprint density at radius 1 is 1.16 bits per heavy atom. The average Bonchev–Trinajstić information content (AvgIpc) is 2.74. The number of nitrogens with two attached hydrogens (primary N) is 1. The molecule has 9 nitrogen and oxygen atoms in total. The minimum atomic E-state index is -0.463. The molecule has 0 saturated carbocycles. The van der Waals surface area contributed by atoms with Crippen molar-refractivity contribution in [1.82, 2.24) is 10.8 Å². The Kier molecular flexibility index (Phi) is 12.7. The van der Waals surface area contributed by atoms with Gasteiger partial charge in [-0.1, -0.05) is 25.8 Å². The third-order valence-electron chi connectivity index (χ3n) is 4.70. The number of nitrogens with one attached hydrogen (secondary N) is 2. The Labute approximate surface area is 192 Å². The van der Waals surface area contributed by atoms with Gasteiger partial charge in [-0.25, -0.2) is 5.48 Å². The Morgan fingerprint density at radius 3 is 2.35 bits per heavy atom. The minimum absolute atomic E-state index is 0.111. The van der Waals surface area contributed by atoms with Crippen LogP contribution in [-0.4, -0.2) is 47.4 Å². The van der Waals surface area contributed by atoms with Crippen LogP contribution in [0.3, 0.4) is 0 Å². The van der Waals surface area contributed by atoms with Gasteiger partial charge in [-0.3, -0.25) is 20.1 Å². The monoisotopic (exact) mass is 475 g/mol. The standard InChI is InChI=1S/C20H31Cl2N5O4/c1-15(24-10-6-4-2-3-5-7-19(28)25-29)17-13-16(23)14-18(27(30)31)20(17)26(11-8-21)12-9-22/h13-14,24,29H,1-12,23H2,(H,25,28). The van der Waals surface area contributed by atoms with E-state index in [9.17, 15) is 14.9 Å². The van der Waals surface area contributed by atoms with Gasteiger partial charge in [0.2, 0.25) is 5.91 Å². The van der Waals surface area contributed by atoms with Gasteiger partial charge in [0, 0.05) is 60.8 Å². The topological polar surface area (TPSA) is 134 Å². The number of alkyl halides is 2. The molecule has 0 aliphatic carbocycles. The van der Waals surface area contributed by atoms with Gasteiger partial charge in [0.05, 0.1) is 4.92 Å². The van der Waals surface area contributed by atoms with E-state index in [1.165, 1.54) is 6.07 Å². The third-order valence-corrected chi connectivity index (χ3v) is 5.04. The van der Waals surface area contributed by atoms with Gasteiger partial charge in [0.25, 0.3) is 5.69 Å². The quantitative estimate of drug-likeness (QED) is 0.0711. The van der Waals surface area contributed by atoms with Crippen molar-refractivity contribution in [3.05, 3.63) is 34.4 Å². The number of anilines is 2. The highest BCUT2D eigenvalue weighted by atomic mass is 35.5. The summed E-state index contributed by atoms with van der Waals surface area (Å²) in [7, 11) is 0. The second kappa shape index (κ2) is 14.7. The number of halogens is 2. The van der Waals surface area contributed by atoms with Crippen LogP contribution in [0.25, 0.3) is 5.70 Å². The summed E-state index contributed by atoms with van der Waals surface area (Å²) in [5.74, 6) is 0.206. The maximum absolute atomic E-state index is 11.7. The number of rotatable bonds is 16. The van der Waals surface area contributed by atoms with Gasteiger partial charge >= 0.3 is 0 Å². The molecule has 174 valence electrons. The summed E-state index contributed by atoms with van der Waals surface area (Å²) in [5, 5.41) is 23.4. The van der Waals surface area contributed by atoms with Crippen LogP contribution in [0.2, 0.25) is 0 Å². The molecule has 0 fully saturated rings. The fourth-order valence-corrected chi connectivity index (χ4v) is 3.62. The highest BCUT2D eigenvalue weighted by molar-refractivity contribution is 6.18. The molecule has 31 heavy (non-hydrogen) atoms. The van der Waals surface area contributed by atoms with E-state index < -0.39 is 4.92 Å². The number of nitrogens with zero attached hydrogens (tertiary/aromatic N) is 2. The van der Waals surface area contributed by atoms with Crippen molar-refractivity contribution >= 4 is 51.9 Å². The number of nitro groups is 1. The van der Waals surface area contributed by atoms with E-state index in [2.05, 4.69) is 11.9 Å². The summed E-state index contributed by atoms with van der Waals surface area (Å²) in [4.78, 5) is 23.9. The summed E-state index contributed by atoms with van der Waals surface area (Å²) in [6.07, 6.45) is 4.71. The number of amides is 1. The highest BCUT2D eigenvalue weighted by Crippen LogP contribution is 2.37. The Morgan fingerprint density at radius 2 is 1.77 bits per heavy atom. The number of benzene rings is 1. The van der Waals surface area contributed by atoms with Crippen molar-refractivity contribution in [2.24, 2.45) is 0 Å². The molecule has 1 amide bonds. The molecule has 1 aromatic rings. The molecule has 0 bridgehead atoms. The van der Waals surface area contributed by atoms with Gasteiger partial charge in [0.1, 0.15) is 5.69 Å². The molecule has 0 unspecified atom stereocenters. The molecule has 0 aliphatic rings. The summed E-state index contributed by atoms with van der Waals surface area (Å²) in [6, 6.07) is 3.00. The first kappa shape index (κ1) is 26.8. The van der Waals surface area contributed by atoms with Gasteiger partial charge < -0.3 is 16.0 Å². The molecule has 0 saturated heterocycles. The molecule has 0 atom stereocenters. The van der Waals surface area contributed by atoms with Crippen molar-refractivity contribution in [3.8, 4) is 0 Å². The summed E-state index contributed by atoms with van der Waals surface area (Å²) < 4.78 is 0. The van der Waals surface area contributed by atoms with Crippen LogP contribution in [0, 0.1) is 10.1 Å². The van der Waals surface area contributed by atoms with Crippen molar-refractivity contribution in [1.29, 1.82) is 0 Å². The number of nitro benzene ring substituents is 1. The fraction of sp³-hybridized carbons (Fsp3) is 0.550. The first-order chi connectivity index (χ1) is 14.8. The van der Waals surface area contributed by atoms with Crippen LogP contribution >= 0.6 is 23.2 Å². The molecule has 0 aromatic heterocycles. The first-order valence-corrected chi connectivity index (χ1v) is 11.2. The first-order valence-electron chi connectivity index (χ1n) is 10.2. The zero-order valence-corrected chi connectivity index (χ0v) is 19.1. The molecule has 0 heterocycles. The lowest BCUT2D eigenvalue weighted by Crippen LogP contribution is -2.30. The number of nitrogen functional groups attached to an aromatic ring is 1. The average molecular weight is 476 g/mol. The highest BCUT2D eigenvalue weighted by Gasteiger charge is 2.25. The SMILES string of the molecule is C=C(NCCCCCCCC(=O)NO)c1cc(N)cc([N+](=O)[O-])c1N(CCCl)CCCl. The minimum Gasteiger partial charge on any atom is -0.399 e. The van der Waals surface area contributed by atoms with Crippen LogP contribution in [-0.2, 0) is 4.79 Å². The van der Waals surface area contributed by atoms with Gasteiger partial charge in [-0.2, -0.15) is 0 Å². The lowest BCUT2D eigenvalue weighted by atomic mass is 10.1. The zero-order chi connectivity index (χ0) is 23.2. The van der Waals surface area contributed by atoms with Gasteiger partial charge in [0.15, 0.2) is 0 Å². The van der Waals surface area contributed by atoms with E-state index in [1.54, 1.807) is 16.4 Å². The maximum atomic E-state index is 11.7. The summed E-state index contributed by atoms with van der Waals surface area (Å²) in [5.41, 5.74) is 9.20. The molecule has 0 aliphatic heterocycles. The lowest BCUT2D eigenvalue weighted by Gasteiger charge is -2.26. The van der Waals surface area contributed by atoms with Crippen LogP contribution in [0.4, 0.5) is 17.1 Å². The van der Waals surface area contributed by atoms with Crippen molar-refractivity contribution in [2.75, 3.05) is 42.0 Å².